The average Bonchev–Trinajstić information content (AvgIpc) is 2.90. The first-order valence-electron chi connectivity index (χ1n) is 12.0. The summed E-state index contributed by atoms with van der Waals surface area (Å²) in [7, 11) is 3.18. The second-order valence-corrected chi connectivity index (χ2v) is 9.35. The van der Waals surface area contributed by atoms with Gasteiger partial charge in [0.2, 0.25) is 11.8 Å². The van der Waals surface area contributed by atoms with Gasteiger partial charge in [-0.05, 0) is 54.3 Å². The third-order valence-corrected chi connectivity index (χ3v) is 6.49. The Hall–Kier alpha value is -3.32. The number of nitrogens with one attached hydrogen (secondary N) is 1. The predicted molar refractivity (Wildman–Crippen MR) is 145 cm³/mol. The molecule has 0 aliphatic rings. The molecular formula is C29H33BrN2O4. The van der Waals surface area contributed by atoms with Crippen molar-refractivity contribution in [3.8, 4) is 11.5 Å². The number of hydrogen-bond donors (Lipinski definition) is 1. The summed E-state index contributed by atoms with van der Waals surface area (Å²) in [6.45, 7) is 2.72. The van der Waals surface area contributed by atoms with Crippen LogP contribution < -0.4 is 14.8 Å². The van der Waals surface area contributed by atoms with E-state index in [-0.39, 0.29) is 18.2 Å². The molecule has 1 unspecified atom stereocenters. The monoisotopic (exact) mass is 552 g/mol. The molecule has 190 valence electrons. The van der Waals surface area contributed by atoms with Crippen LogP contribution in [-0.2, 0) is 29.0 Å². The molecular weight excluding hydrogens is 520 g/mol. The Kier molecular flexibility index (Phi) is 10.4. The Morgan fingerprint density at radius 2 is 1.56 bits per heavy atom. The van der Waals surface area contributed by atoms with Crippen LogP contribution in [0.1, 0.15) is 30.0 Å². The van der Waals surface area contributed by atoms with Crippen molar-refractivity contribution in [2.24, 2.45) is 0 Å². The first-order chi connectivity index (χ1) is 17.4. The number of ether oxygens (including phenoxy) is 2. The molecule has 0 saturated heterocycles. The standard InChI is InChI=1S/C29H33BrN2O4/c1-4-31-29(34)25(18-21-8-6-5-7-9-21)32(20-23-10-14-24(30)15-11-23)28(33)17-13-22-12-16-26(35-2)27(19-22)36-3/h5-12,14-16,19,25H,4,13,17-18,20H2,1-3H3,(H,31,34). The molecule has 7 heteroatoms. The second-order valence-electron chi connectivity index (χ2n) is 8.44. The minimum atomic E-state index is -0.631. The summed E-state index contributed by atoms with van der Waals surface area (Å²) in [6.07, 6.45) is 1.21. The lowest BCUT2D eigenvalue weighted by molar-refractivity contribution is -0.141. The van der Waals surface area contributed by atoms with Crippen molar-refractivity contribution in [1.82, 2.24) is 10.2 Å². The lowest BCUT2D eigenvalue weighted by Crippen LogP contribution is -2.50. The van der Waals surface area contributed by atoms with Crippen LogP contribution in [0.5, 0.6) is 11.5 Å². The molecule has 0 saturated carbocycles. The number of rotatable bonds is 12. The summed E-state index contributed by atoms with van der Waals surface area (Å²) < 4.78 is 11.7. The van der Waals surface area contributed by atoms with Crippen molar-refractivity contribution in [1.29, 1.82) is 0 Å². The largest absolute Gasteiger partial charge is 0.493 e. The minimum absolute atomic E-state index is 0.0834. The van der Waals surface area contributed by atoms with Gasteiger partial charge in [0, 0.05) is 30.4 Å². The quantitative estimate of drug-likeness (QED) is 0.336. The van der Waals surface area contributed by atoms with Crippen molar-refractivity contribution in [2.45, 2.75) is 38.8 Å². The molecule has 0 spiro atoms. The maximum atomic E-state index is 13.7. The molecule has 1 atom stereocenters. The van der Waals surface area contributed by atoms with Crippen LogP contribution in [-0.4, -0.2) is 43.5 Å². The van der Waals surface area contributed by atoms with Crippen molar-refractivity contribution in [3.05, 3.63) is 94.0 Å². The highest BCUT2D eigenvalue weighted by atomic mass is 79.9. The minimum Gasteiger partial charge on any atom is -0.493 e. The number of halogens is 1. The van der Waals surface area contributed by atoms with E-state index in [0.717, 1.165) is 21.2 Å². The van der Waals surface area contributed by atoms with Gasteiger partial charge in [0.1, 0.15) is 6.04 Å². The zero-order chi connectivity index (χ0) is 25.9. The maximum Gasteiger partial charge on any atom is 0.243 e. The summed E-state index contributed by atoms with van der Waals surface area (Å²) in [5.74, 6) is 1.03. The number of methoxy groups -OCH3 is 2. The molecule has 3 aromatic rings. The summed E-state index contributed by atoms with van der Waals surface area (Å²) >= 11 is 3.47. The Balaban J connectivity index is 1.87. The normalized spacial score (nSPS) is 11.4. The fourth-order valence-corrected chi connectivity index (χ4v) is 4.33. The van der Waals surface area contributed by atoms with E-state index in [1.165, 1.54) is 0 Å². The van der Waals surface area contributed by atoms with Crippen LogP contribution in [0.25, 0.3) is 0 Å². The van der Waals surface area contributed by atoms with E-state index in [1.807, 2.05) is 79.7 Å². The van der Waals surface area contributed by atoms with Crippen molar-refractivity contribution < 1.29 is 19.1 Å². The fraction of sp³-hybridized carbons (Fsp3) is 0.310. The first-order valence-corrected chi connectivity index (χ1v) is 12.8. The van der Waals surface area contributed by atoms with Crippen LogP contribution in [0.4, 0.5) is 0 Å². The van der Waals surface area contributed by atoms with Gasteiger partial charge in [-0.2, -0.15) is 0 Å². The van der Waals surface area contributed by atoms with Gasteiger partial charge in [-0.3, -0.25) is 9.59 Å². The highest BCUT2D eigenvalue weighted by molar-refractivity contribution is 9.10. The van der Waals surface area contributed by atoms with Crippen LogP contribution in [0.3, 0.4) is 0 Å². The Bertz CT molecular complexity index is 1140. The summed E-state index contributed by atoms with van der Waals surface area (Å²) in [6, 6.07) is 22.7. The first kappa shape index (κ1) is 27.3. The van der Waals surface area contributed by atoms with Gasteiger partial charge in [0.25, 0.3) is 0 Å². The van der Waals surface area contributed by atoms with Crippen molar-refractivity contribution in [3.63, 3.8) is 0 Å². The van der Waals surface area contributed by atoms with Crippen molar-refractivity contribution in [2.75, 3.05) is 20.8 Å². The fourth-order valence-electron chi connectivity index (χ4n) is 4.06. The number of likely N-dealkylation sites (N-methyl/N-ethyl adjacent to an activating group) is 1. The molecule has 0 fully saturated rings. The van der Waals surface area contributed by atoms with Crippen LogP contribution in [0.2, 0.25) is 0 Å². The number of carbonyl (C=O) groups excluding carboxylic acids is 2. The summed E-state index contributed by atoms with van der Waals surface area (Å²) in [5, 5.41) is 2.93. The van der Waals surface area contributed by atoms with E-state index < -0.39 is 6.04 Å². The van der Waals surface area contributed by atoms with Crippen LogP contribution in [0.15, 0.2) is 77.3 Å². The number of hydrogen-bond acceptors (Lipinski definition) is 4. The zero-order valence-electron chi connectivity index (χ0n) is 21.0. The van der Waals surface area contributed by atoms with E-state index in [9.17, 15) is 9.59 Å². The molecule has 3 aromatic carbocycles. The number of carbonyl (C=O) groups is 2. The lowest BCUT2D eigenvalue weighted by Gasteiger charge is -2.31. The van der Waals surface area contributed by atoms with Crippen LogP contribution in [0, 0.1) is 0 Å². The predicted octanol–water partition coefficient (Wildman–Crippen LogP) is 5.18. The number of benzene rings is 3. The van der Waals surface area contributed by atoms with Gasteiger partial charge >= 0.3 is 0 Å². The third kappa shape index (κ3) is 7.59. The zero-order valence-corrected chi connectivity index (χ0v) is 22.6. The van der Waals surface area contributed by atoms with E-state index in [0.29, 0.717) is 37.4 Å². The molecule has 0 radical (unpaired) electrons. The van der Waals surface area contributed by atoms with Crippen molar-refractivity contribution >= 4 is 27.7 Å². The molecule has 0 aliphatic heterocycles. The molecule has 0 heterocycles. The van der Waals surface area contributed by atoms with Gasteiger partial charge < -0.3 is 19.7 Å². The highest BCUT2D eigenvalue weighted by Gasteiger charge is 2.30. The summed E-state index contributed by atoms with van der Waals surface area (Å²) in [5.41, 5.74) is 2.92. The van der Waals surface area contributed by atoms with Gasteiger partial charge in [-0.25, -0.2) is 0 Å². The molecule has 2 amide bonds. The van der Waals surface area contributed by atoms with E-state index in [4.69, 9.17) is 9.47 Å². The SMILES string of the molecule is CCNC(=O)C(Cc1ccccc1)N(Cc1ccc(Br)cc1)C(=O)CCc1ccc(OC)c(OC)c1. The second kappa shape index (κ2) is 13.7. The Morgan fingerprint density at radius 1 is 0.889 bits per heavy atom. The average molecular weight is 553 g/mol. The Labute approximate surface area is 221 Å². The van der Waals surface area contributed by atoms with Gasteiger partial charge in [0.15, 0.2) is 11.5 Å². The van der Waals surface area contributed by atoms with E-state index >= 15 is 0 Å². The van der Waals surface area contributed by atoms with Crippen LogP contribution >= 0.6 is 15.9 Å². The number of nitrogens with zero attached hydrogens (tertiary/aromatic N) is 1. The smallest absolute Gasteiger partial charge is 0.243 e. The highest BCUT2D eigenvalue weighted by Crippen LogP contribution is 2.28. The molecule has 36 heavy (non-hydrogen) atoms. The molecule has 0 aliphatic carbocycles. The van der Waals surface area contributed by atoms with E-state index in [2.05, 4.69) is 21.2 Å². The van der Waals surface area contributed by atoms with Gasteiger partial charge in [-0.1, -0.05) is 64.5 Å². The number of amides is 2. The number of aryl methyl sites for hydroxylation is 1. The molecule has 6 nitrogen and oxygen atoms in total. The molecule has 1 N–H and O–H groups in total. The molecule has 0 bridgehead atoms. The Morgan fingerprint density at radius 3 is 2.19 bits per heavy atom. The van der Waals surface area contributed by atoms with E-state index in [1.54, 1.807) is 19.1 Å². The third-order valence-electron chi connectivity index (χ3n) is 5.96. The summed E-state index contributed by atoms with van der Waals surface area (Å²) in [4.78, 5) is 28.6. The lowest BCUT2D eigenvalue weighted by atomic mass is 10.0. The molecule has 0 aromatic heterocycles. The van der Waals surface area contributed by atoms with Gasteiger partial charge in [-0.15, -0.1) is 0 Å². The van der Waals surface area contributed by atoms with Gasteiger partial charge in [0.05, 0.1) is 14.2 Å². The molecule has 3 rings (SSSR count). The maximum absolute atomic E-state index is 13.7. The topological polar surface area (TPSA) is 67.9 Å².